The number of nitrogens with zero attached hydrogens (tertiary/aromatic N) is 2. The first kappa shape index (κ1) is 12.5. The zero-order chi connectivity index (χ0) is 13.3. The average Bonchev–Trinajstić information content (AvgIpc) is 2.71. The van der Waals surface area contributed by atoms with Crippen LogP contribution in [0.2, 0.25) is 0 Å². The van der Waals surface area contributed by atoms with Gasteiger partial charge in [0.1, 0.15) is 0 Å². The van der Waals surface area contributed by atoms with Crippen LogP contribution in [-0.2, 0) is 0 Å². The highest BCUT2D eigenvalue weighted by molar-refractivity contribution is 5.82. The Kier molecular flexibility index (Phi) is 3.32. The van der Waals surface area contributed by atoms with Gasteiger partial charge >= 0.3 is 0 Å². The number of nitrogens with two attached hydrogens (primary N) is 1. The van der Waals surface area contributed by atoms with E-state index in [0.717, 1.165) is 17.5 Å². The van der Waals surface area contributed by atoms with Gasteiger partial charge in [-0.05, 0) is 13.3 Å². The lowest BCUT2D eigenvalue weighted by Crippen LogP contribution is -2.07. The van der Waals surface area contributed by atoms with Crippen LogP contribution in [-0.4, -0.2) is 23.8 Å². The molecule has 2 aromatic rings. The minimum atomic E-state index is 0.299. The molecule has 5 heteroatoms. The van der Waals surface area contributed by atoms with Gasteiger partial charge in [0.05, 0.1) is 25.3 Å². The van der Waals surface area contributed by atoms with Crippen molar-refractivity contribution in [3.8, 4) is 11.5 Å². The van der Waals surface area contributed by atoms with E-state index in [0.29, 0.717) is 23.5 Å². The molecule has 1 heterocycles. The van der Waals surface area contributed by atoms with Gasteiger partial charge in [-0.1, -0.05) is 6.92 Å². The Bertz CT molecular complexity index is 563. The molecule has 0 saturated heterocycles. The Labute approximate surface area is 107 Å². The summed E-state index contributed by atoms with van der Waals surface area (Å²) in [5, 5.41) is 0. The van der Waals surface area contributed by atoms with E-state index in [1.54, 1.807) is 14.2 Å². The van der Waals surface area contributed by atoms with Crippen molar-refractivity contribution in [2.45, 2.75) is 26.3 Å². The topological polar surface area (TPSA) is 62.3 Å². The van der Waals surface area contributed by atoms with E-state index in [1.165, 1.54) is 0 Å². The van der Waals surface area contributed by atoms with Crippen molar-refractivity contribution in [3.05, 3.63) is 12.1 Å². The maximum atomic E-state index is 5.98. The van der Waals surface area contributed by atoms with Crippen molar-refractivity contribution >= 4 is 17.0 Å². The second-order valence-corrected chi connectivity index (χ2v) is 4.29. The fraction of sp³-hybridized carbons (Fsp3) is 0.462. The highest BCUT2D eigenvalue weighted by atomic mass is 16.5. The van der Waals surface area contributed by atoms with E-state index in [1.807, 2.05) is 16.7 Å². The molecule has 0 saturated carbocycles. The van der Waals surface area contributed by atoms with E-state index < -0.39 is 0 Å². The van der Waals surface area contributed by atoms with Gasteiger partial charge < -0.3 is 19.8 Å². The van der Waals surface area contributed by atoms with Crippen molar-refractivity contribution in [2.24, 2.45) is 0 Å². The second kappa shape index (κ2) is 4.76. The first-order chi connectivity index (χ1) is 8.62. The number of hydrogen-bond donors (Lipinski definition) is 1. The smallest absolute Gasteiger partial charge is 0.201 e. The van der Waals surface area contributed by atoms with Gasteiger partial charge in [-0.3, -0.25) is 0 Å². The number of aromatic nitrogens is 2. The number of nitrogen functional groups attached to an aromatic ring is 1. The minimum Gasteiger partial charge on any atom is -0.493 e. The van der Waals surface area contributed by atoms with E-state index in [9.17, 15) is 0 Å². The number of imidazole rings is 1. The summed E-state index contributed by atoms with van der Waals surface area (Å²) < 4.78 is 12.6. The van der Waals surface area contributed by atoms with Gasteiger partial charge in [-0.2, -0.15) is 0 Å². The van der Waals surface area contributed by atoms with Crippen LogP contribution in [0.1, 0.15) is 26.3 Å². The predicted molar refractivity (Wildman–Crippen MR) is 72.3 cm³/mol. The predicted octanol–water partition coefficient (Wildman–Crippen LogP) is 2.61. The molecule has 0 fully saturated rings. The molecule has 0 aliphatic heterocycles. The molecule has 1 unspecified atom stereocenters. The molecule has 1 aromatic heterocycles. The lowest BCUT2D eigenvalue weighted by Gasteiger charge is -2.14. The molecule has 2 rings (SSSR count). The maximum absolute atomic E-state index is 5.98. The van der Waals surface area contributed by atoms with Crippen LogP contribution < -0.4 is 15.2 Å². The van der Waals surface area contributed by atoms with E-state index in [4.69, 9.17) is 15.2 Å². The molecular formula is C13H19N3O2. The Morgan fingerprint density at radius 1 is 1.28 bits per heavy atom. The summed E-state index contributed by atoms with van der Waals surface area (Å²) in [6.45, 7) is 4.24. The summed E-state index contributed by atoms with van der Waals surface area (Å²) in [6.07, 6.45) is 0.990. The van der Waals surface area contributed by atoms with Crippen LogP contribution in [0.25, 0.3) is 11.0 Å². The SMILES string of the molecule is CCC(C)n1c(N)nc2cc(OC)c(OC)cc21. The largest absolute Gasteiger partial charge is 0.493 e. The number of methoxy groups -OCH3 is 2. The molecule has 18 heavy (non-hydrogen) atoms. The molecule has 98 valence electrons. The average molecular weight is 249 g/mol. The van der Waals surface area contributed by atoms with Crippen LogP contribution in [0, 0.1) is 0 Å². The summed E-state index contributed by atoms with van der Waals surface area (Å²) >= 11 is 0. The molecular weight excluding hydrogens is 230 g/mol. The number of benzene rings is 1. The Balaban J connectivity index is 2.70. The van der Waals surface area contributed by atoms with Crippen molar-refractivity contribution in [1.82, 2.24) is 9.55 Å². The monoisotopic (exact) mass is 249 g/mol. The van der Waals surface area contributed by atoms with E-state index in [2.05, 4.69) is 18.8 Å². The third kappa shape index (κ3) is 1.85. The van der Waals surface area contributed by atoms with Crippen molar-refractivity contribution in [1.29, 1.82) is 0 Å². The third-order valence-electron chi connectivity index (χ3n) is 3.25. The lowest BCUT2D eigenvalue weighted by atomic mass is 10.2. The highest BCUT2D eigenvalue weighted by Crippen LogP contribution is 2.34. The quantitative estimate of drug-likeness (QED) is 0.904. The fourth-order valence-electron chi connectivity index (χ4n) is 2.09. The minimum absolute atomic E-state index is 0.299. The summed E-state index contributed by atoms with van der Waals surface area (Å²) in [6, 6.07) is 4.07. The molecule has 0 amide bonds. The van der Waals surface area contributed by atoms with E-state index >= 15 is 0 Å². The van der Waals surface area contributed by atoms with Gasteiger partial charge in [0.2, 0.25) is 5.95 Å². The van der Waals surface area contributed by atoms with Gasteiger partial charge in [-0.25, -0.2) is 4.98 Å². The van der Waals surface area contributed by atoms with Crippen LogP contribution >= 0.6 is 0 Å². The lowest BCUT2D eigenvalue weighted by molar-refractivity contribution is 0.355. The van der Waals surface area contributed by atoms with Crippen molar-refractivity contribution in [3.63, 3.8) is 0 Å². The summed E-state index contributed by atoms with van der Waals surface area (Å²) in [5.74, 6) is 1.88. The molecule has 1 atom stereocenters. The van der Waals surface area contributed by atoms with Crippen LogP contribution in [0.15, 0.2) is 12.1 Å². The molecule has 0 radical (unpaired) electrons. The summed E-state index contributed by atoms with van der Waals surface area (Å²) in [4.78, 5) is 4.37. The molecule has 1 aromatic carbocycles. The number of hydrogen-bond acceptors (Lipinski definition) is 4. The Morgan fingerprint density at radius 2 is 1.89 bits per heavy atom. The van der Waals surface area contributed by atoms with E-state index in [-0.39, 0.29) is 0 Å². The zero-order valence-electron chi connectivity index (χ0n) is 11.2. The summed E-state index contributed by atoms with van der Waals surface area (Å²) in [7, 11) is 3.23. The van der Waals surface area contributed by atoms with Crippen molar-refractivity contribution in [2.75, 3.05) is 20.0 Å². The number of fused-ring (bicyclic) bond motifs is 1. The highest BCUT2D eigenvalue weighted by Gasteiger charge is 2.16. The van der Waals surface area contributed by atoms with Gasteiger partial charge in [0.25, 0.3) is 0 Å². The number of anilines is 1. The van der Waals surface area contributed by atoms with Gasteiger partial charge in [0, 0.05) is 18.2 Å². The number of rotatable bonds is 4. The second-order valence-electron chi connectivity index (χ2n) is 4.29. The molecule has 0 aliphatic rings. The van der Waals surface area contributed by atoms with Crippen molar-refractivity contribution < 1.29 is 9.47 Å². The van der Waals surface area contributed by atoms with Gasteiger partial charge in [0.15, 0.2) is 11.5 Å². The summed E-state index contributed by atoms with van der Waals surface area (Å²) in [5.41, 5.74) is 7.78. The third-order valence-corrected chi connectivity index (χ3v) is 3.25. The van der Waals surface area contributed by atoms with Crippen LogP contribution in [0.5, 0.6) is 11.5 Å². The normalized spacial score (nSPS) is 12.7. The van der Waals surface area contributed by atoms with Gasteiger partial charge in [-0.15, -0.1) is 0 Å². The molecule has 5 nitrogen and oxygen atoms in total. The molecule has 0 spiro atoms. The Morgan fingerprint density at radius 3 is 2.44 bits per heavy atom. The van der Waals surface area contributed by atoms with Crippen LogP contribution in [0.3, 0.4) is 0 Å². The zero-order valence-corrected chi connectivity index (χ0v) is 11.2. The molecule has 0 aliphatic carbocycles. The van der Waals surface area contributed by atoms with Crippen LogP contribution in [0.4, 0.5) is 5.95 Å². The maximum Gasteiger partial charge on any atom is 0.201 e. The first-order valence-electron chi connectivity index (χ1n) is 6.01. The molecule has 0 bridgehead atoms. The fourth-order valence-corrected chi connectivity index (χ4v) is 2.09. The Hall–Kier alpha value is -1.91. The molecule has 2 N–H and O–H groups in total. The number of ether oxygens (including phenoxy) is 2. The first-order valence-corrected chi connectivity index (χ1v) is 6.01. The standard InChI is InChI=1S/C13H19N3O2/c1-5-8(2)16-10-7-12(18-4)11(17-3)6-9(10)15-13(16)14/h6-8H,5H2,1-4H3,(H2,14,15).